The van der Waals surface area contributed by atoms with Gasteiger partial charge in [0.25, 0.3) is 0 Å². The van der Waals surface area contributed by atoms with Crippen molar-refractivity contribution >= 4 is 29.4 Å². The number of nitriles is 1. The van der Waals surface area contributed by atoms with Crippen molar-refractivity contribution < 1.29 is 19.1 Å². The predicted octanol–water partition coefficient (Wildman–Crippen LogP) is 1.88. The molecule has 1 saturated heterocycles. The van der Waals surface area contributed by atoms with Crippen LogP contribution in [0.3, 0.4) is 0 Å². The monoisotopic (exact) mass is 387 g/mol. The van der Waals surface area contributed by atoms with Crippen LogP contribution in [0.1, 0.15) is 30.1 Å². The second kappa shape index (κ2) is 9.78. The summed E-state index contributed by atoms with van der Waals surface area (Å²) in [6.45, 7) is 2.42. The van der Waals surface area contributed by atoms with Gasteiger partial charge in [-0.15, -0.1) is 11.8 Å². The summed E-state index contributed by atoms with van der Waals surface area (Å²) in [5.74, 6) is -1.07. The molecule has 8 heteroatoms. The lowest BCUT2D eigenvalue weighted by atomic mass is 10.1. The number of carbonyl (C=O) groups excluding carboxylic acids is 3. The standard InChI is InChI=1S/C19H21N3O4S/c1-13(21)15(10-20)16(23)11-26-19(25)14-6-2-3-7-17(14)27-12-18(24)22-8-4-5-9-22/h2-3,6-7H,4-5,8-9,11-12,21H2,1H3/b15-13-. The Balaban J connectivity index is 1.98. The number of hydrogen-bond donors (Lipinski definition) is 1. The molecule has 0 aliphatic carbocycles. The maximum Gasteiger partial charge on any atom is 0.339 e. The number of hydrogen-bond acceptors (Lipinski definition) is 7. The number of likely N-dealkylation sites (tertiary alicyclic amines) is 1. The third-order valence-corrected chi connectivity index (χ3v) is 5.09. The Morgan fingerprint density at radius 3 is 2.56 bits per heavy atom. The largest absolute Gasteiger partial charge is 0.454 e. The summed E-state index contributed by atoms with van der Waals surface area (Å²) in [4.78, 5) is 38.8. The molecule has 7 nitrogen and oxygen atoms in total. The van der Waals surface area contributed by atoms with E-state index in [4.69, 9.17) is 15.7 Å². The van der Waals surface area contributed by atoms with E-state index in [1.165, 1.54) is 18.7 Å². The van der Waals surface area contributed by atoms with Crippen molar-refractivity contribution in [1.82, 2.24) is 4.90 Å². The molecule has 1 aromatic rings. The smallest absolute Gasteiger partial charge is 0.339 e. The van der Waals surface area contributed by atoms with Crippen LogP contribution in [0.4, 0.5) is 0 Å². The highest BCUT2D eigenvalue weighted by Gasteiger charge is 2.20. The van der Waals surface area contributed by atoms with E-state index >= 15 is 0 Å². The highest BCUT2D eigenvalue weighted by Crippen LogP contribution is 2.24. The number of rotatable bonds is 7. The topological polar surface area (TPSA) is 113 Å². The average molecular weight is 387 g/mol. The molecule has 1 aromatic carbocycles. The van der Waals surface area contributed by atoms with E-state index < -0.39 is 18.4 Å². The predicted molar refractivity (Wildman–Crippen MR) is 101 cm³/mol. The van der Waals surface area contributed by atoms with Crippen LogP contribution >= 0.6 is 11.8 Å². The third kappa shape index (κ3) is 5.59. The van der Waals surface area contributed by atoms with Crippen LogP contribution in [0, 0.1) is 11.3 Å². The molecule has 142 valence electrons. The van der Waals surface area contributed by atoms with Gasteiger partial charge in [-0.2, -0.15) is 5.26 Å². The van der Waals surface area contributed by atoms with Gasteiger partial charge in [0, 0.05) is 23.7 Å². The molecular weight excluding hydrogens is 366 g/mol. The maximum atomic E-state index is 12.3. The first-order valence-electron chi connectivity index (χ1n) is 8.50. The summed E-state index contributed by atoms with van der Waals surface area (Å²) in [5.41, 5.74) is 5.60. The first-order chi connectivity index (χ1) is 12.9. The number of amides is 1. The van der Waals surface area contributed by atoms with E-state index in [2.05, 4.69) is 0 Å². The van der Waals surface area contributed by atoms with Gasteiger partial charge in [-0.1, -0.05) is 12.1 Å². The summed E-state index contributed by atoms with van der Waals surface area (Å²) in [6.07, 6.45) is 2.05. The van der Waals surface area contributed by atoms with Crippen molar-refractivity contribution in [2.75, 3.05) is 25.4 Å². The molecule has 1 aliphatic heterocycles. The Morgan fingerprint density at radius 1 is 1.26 bits per heavy atom. The van der Waals surface area contributed by atoms with Gasteiger partial charge in [-0.25, -0.2) is 4.79 Å². The number of thioether (sulfide) groups is 1. The Bertz CT molecular complexity index is 803. The van der Waals surface area contributed by atoms with Gasteiger partial charge in [0.15, 0.2) is 6.61 Å². The average Bonchev–Trinajstić information content (AvgIpc) is 3.19. The Morgan fingerprint density at radius 2 is 1.93 bits per heavy atom. The zero-order chi connectivity index (χ0) is 19.8. The van der Waals surface area contributed by atoms with Crippen molar-refractivity contribution in [2.24, 2.45) is 5.73 Å². The van der Waals surface area contributed by atoms with Gasteiger partial charge in [0.1, 0.15) is 11.6 Å². The lowest BCUT2D eigenvalue weighted by molar-refractivity contribution is -0.127. The SMILES string of the molecule is C/C(N)=C(\C#N)C(=O)COC(=O)c1ccccc1SCC(=O)N1CCCC1. The fraction of sp³-hybridized carbons (Fsp3) is 0.368. The lowest BCUT2D eigenvalue weighted by Gasteiger charge is -2.15. The van der Waals surface area contributed by atoms with Crippen molar-refractivity contribution in [3.63, 3.8) is 0 Å². The van der Waals surface area contributed by atoms with Crippen LogP contribution in [0.25, 0.3) is 0 Å². The molecule has 1 aliphatic rings. The molecular formula is C19H21N3O4S. The fourth-order valence-corrected chi connectivity index (χ4v) is 3.55. The number of Topliss-reactive ketones (excluding diaryl/α,β-unsaturated/α-hetero) is 1. The number of esters is 1. The normalized spacial score (nSPS) is 14.3. The minimum Gasteiger partial charge on any atom is -0.454 e. The molecule has 0 unspecified atom stereocenters. The molecule has 0 spiro atoms. The van der Waals surface area contributed by atoms with E-state index in [0.29, 0.717) is 4.90 Å². The van der Waals surface area contributed by atoms with Gasteiger partial charge >= 0.3 is 5.97 Å². The highest BCUT2D eigenvalue weighted by molar-refractivity contribution is 8.00. The van der Waals surface area contributed by atoms with Crippen LogP contribution in [0.2, 0.25) is 0 Å². The van der Waals surface area contributed by atoms with Gasteiger partial charge in [0.05, 0.1) is 11.3 Å². The summed E-state index contributed by atoms with van der Waals surface area (Å²) in [6, 6.07) is 8.44. The van der Waals surface area contributed by atoms with E-state index in [0.717, 1.165) is 25.9 Å². The molecule has 2 N–H and O–H groups in total. The lowest BCUT2D eigenvalue weighted by Crippen LogP contribution is -2.29. The van der Waals surface area contributed by atoms with Crippen LogP contribution in [0.5, 0.6) is 0 Å². The van der Waals surface area contributed by atoms with Crippen LogP contribution in [0.15, 0.2) is 40.4 Å². The van der Waals surface area contributed by atoms with Crippen molar-refractivity contribution in [3.05, 3.63) is 41.1 Å². The second-order valence-corrected chi connectivity index (χ2v) is 7.06. The van der Waals surface area contributed by atoms with Gasteiger partial charge in [-0.3, -0.25) is 9.59 Å². The molecule has 1 heterocycles. The minimum absolute atomic E-state index is 0.0399. The summed E-state index contributed by atoms with van der Waals surface area (Å²) >= 11 is 1.26. The third-order valence-electron chi connectivity index (χ3n) is 4.04. The number of nitrogens with two attached hydrogens (primary N) is 1. The van der Waals surface area contributed by atoms with Crippen molar-refractivity contribution in [1.29, 1.82) is 5.26 Å². The van der Waals surface area contributed by atoms with E-state index in [-0.39, 0.29) is 28.5 Å². The van der Waals surface area contributed by atoms with Crippen molar-refractivity contribution in [3.8, 4) is 6.07 Å². The molecule has 2 rings (SSSR count). The maximum absolute atomic E-state index is 12.3. The number of nitrogens with zero attached hydrogens (tertiary/aromatic N) is 2. The van der Waals surface area contributed by atoms with Gasteiger partial charge in [-0.05, 0) is 31.9 Å². The number of ether oxygens (including phenoxy) is 1. The quantitative estimate of drug-likeness (QED) is 0.329. The van der Waals surface area contributed by atoms with E-state index in [1.807, 2.05) is 4.90 Å². The fourth-order valence-electron chi connectivity index (χ4n) is 2.61. The Hall–Kier alpha value is -2.79. The molecule has 0 saturated carbocycles. The van der Waals surface area contributed by atoms with Gasteiger partial charge in [0.2, 0.25) is 11.7 Å². The molecule has 0 atom stereocenters. The molecule has 0 aromatic heterocycles. The first-order valence-corrected chi connectivity index (χ1v) is 9.49. The Kier molecular flexibility index (Phi) is 7.44. The molecule has 27 heavy (non-hydrogen) atoms. The second-order valence-electron chi connectivity index (χ2n) is 6.04. The Labute approximate surface area is 162 Å². The summed E-state index contributed by atoms with van der Waals surface area (Å²) in [5, 5.41) is 8.92. The zero-order valence-corrected chi connectivity index (χ0v) is 15.9. The molecule has 0 bridgehead atoms. The zero-order valence-electron chi connectivity index (χ0n) is 15.1. The van der Waals surface area contributed by atoms with E-state index in [9.17, 15) is 14.4 Å². The molecule has 1 fully saturated rings. The minimum atomic E-state index is -0.688. The van der Waals surface area contributed by atoms with Crippen LogP contribution in [-0.4, -0.2) is 48.0 Å². The number of carbonyl (C=O) groups is 3. The number of ketones is 1. The summed E-state index contributed by atoms with van der Waals surface area (Å²) < 4.78 is 5.03. The first kappa shape index (κ1) is 20.5. The summed E-state index contributed by atoms with van der Waals surface area (Å²) in [7, 11) is 0. The molecule has 0 radical (unpaired) electrons. The van der Waals surface area contributed by atoms with E-state index in [1.54, 1.807) is 30.3 Å². The number of benzene rings is 1. The van der Waals surface area contributed by atoms with Crippen LogP contribution in [-0.2, 0) is 14.3 Å². The highest BCUT2D eigenvalue weighted by atomic mass is 32.2. The molecule has 1 amide bonds. The van der Waals surface area contributed by atoms with Gasteiger partial charge < -0.3 is 15.4 Å². The van der Waals surface area contributed by atoms with Crippen LogP contribution < -0.4 is 5.73 Å². The van der Waals surface area contributed by atoms with Crippen molar-refractivity contribution in [2.45, 2.75) is 24.7 Å². The number of allylic oxidation sites excluding steroid dienone is 1.